The molecule has 0 aliphatic carbocycles. The lowest BCUT2D eigenvalue weighted by molar-refractivity contribution is -0.201. The van der Waals surface area contributed by atoms with E-state index in [2.05, 4.69) is 65.1 Å². The smallest absolute Gasteiger partial charge is 0.489 e. The first kappa shape index (κ1) is 27.4. The summed E-state index contributed by atoms with van der Waals surface area (Å²) in [5.74, 6) is -3.08. The van der Waals surface area contributed by atoms with Crippen molar-refractivity contribution in [3.63, 3.8) is 0 Å². The molecule has 1 aliphatic heterocycles. The minimum absolute atomic E-state index is 0.146. The number of rotatable bonds is 9. The maximum absolute atomic E-state index is 12.2. The summed E-state index contributed by atoms with van der Waals surface area (Å²) in [7, 11) is 0. The number of likely N-dealkylation sites (tertiary alicyclic amines) is 1. The third-order valence-corrected chi connectivity index (χ3v) is 6.70. The molecule has 0 saturated carbocycles. The topological polar surface area (TPSA) is 55.8 Å². The van der Waals surface area contributed by atoms with Gasteiger partial charge >= 0.3 is 18.1 Å². The van der Waals surface area contributed by atoms with E-state index >= 15 is 0 Å². The van der Waals surface area contributed by atoms with Gasteiger partial charge < -0.3 is 9.47 Å². The maximum atomic E-state index is 12.2. The summed E-state index contributed by atoms with van der Waals surface area (Å²) in [6, 6.07) is 24.4. The van der Waals surface area contributed by atoms with Gasteiger partial charge in [-0.15, -0.1) is 0 Å². The van der Waals surface area contributed by atoms with Crippen molar-refractivity contribution >= 4 is 11.9 Å². The number of carbonyl (C=O) groups is 2. The highest BCUT2D eigenvalue weighted by Gasteiger charge is 2.42. The zero-order valence-corrected chi connectivity index (χ0v) is 21.2. The van der Waals surface area contributed by atoms with Crippen molar-refractivity contribution in [3.8, 4) is 5.75 Å². The Hall–Kier alpha value is -3.65. The molecule has 0 aromatic heterocycles. The molecule has 1 aliphatic rings. The summed E-state index contributed by atoms with van der Waals surface area (Å²) in [5.41, 5.74) is 5.76. The molecule has 0 bridgehead atoms. The van der Waals surface area contributed by atoms with Gasteiger partial charge in [0.05, 0.1) is 6.42 Å². The largest absolute Gasteiger partial charge is 0.491 e. The molecule has 1 saturated heterocycles. The fraction of sp³-hybridized carbons (Fsp3) is 0.333. The SMILES string of the molecule is Cc1ccccc1C1CCCN1Cc1ccc(COc2ccc(CCC(=O)OC(=O)C(F)(F)F)cc2)cc1. The molecule has 1 atom stereocenters. The predicted molar refractivity (Wildman–Crippen MR) is 136 cm³/mol. The second-order valence-electron chi connectivity index (χ2n) is 9.49. The molecule has 0 radical (unpaired) electrons. The molecule has 0 spiro atoms. The molecular formula is C30H30F3NO4. The number of aryl methyl sites for hydroxylation is 2. The third kappa shape index (κ3) is 7.44. The van der Waals surface area contributed by atoms with Crippen molar-refractivity contribution in [2.45, 2.75) is 58.0 Å². The Kier molecular flexibility index (Phi) is 8.84. The molecule has 1 heterocycles. The van der Waals surface area contributed by atoms with Crippen molar-refractivity contribution in [2.24, 2.45) is 0 Å². The van der Waals surface area contributed by atoms with Crippen LogP contribution in [0.25, 0.3) is 0 Å². The van der Waals surface area contributed by atoms with Crippen LogP contribution in [0, 0.1) is 6.92 Å². The second-order valence-corrected chi connectivity index (χ2v) is 9.49. The van der Waals surface area contributed by atoms with Crippen LogP contribution >= 0.6 is 0 Å². The van der Waals surface area contributed by atoms with E-state index in [-0.39, 0.29) is 12.8 Å². The van der Waals surface area contributed by atoms with Crippen molar-refractivity contribution in [3.05, 3.63) is 101 Å². The van der Waals surface area contributed by atoms with Gasteiger partial charge in [-0.25, -0.2) is 4.79 Å². The van der Waals surface area contributed by atoms with E-state index in [0.29, 0.717) is 24.0 Å². The maximum Gasteiger partial charge on any atom is 0.491 e. The van der Waals surface area contributed by atoms with Crippen molar-refractivity contribution in [1.82, 2.24) is 4.90 Å². The third-order valence-electron chi connectivity index (χ3n) is 6.70. The normalized spacial score (nSPS) is 15.8. The number of carbonyl (C=O) groups excluding carboxylic acids is 2. The number of hydrogen-bond donors (Lipinski definition) is 0. The number of hydrogen-bond acceptors (Lipinski definition) is 5. The summed E-state index contributed by atoms with van der Waals surface area (Å²) >= 11 is 0. The lowest BCUT2D eigenvalue weighted by atomic mass is 9.99. The van der Waals surface area contributed by atoms with E-state index in [0.717, 1.165) is 18.7 Å². The Labute approximate surface area is 220 Å². The van der Waals surface area contributed by atoms with Crippen LogP contribution in [-0.2, 0) is 33.9 Å². The van der Waals surface area contributed by atoms with E-state index < -0.39 is 18.1 Å². The van der Waals surface area contributed by atoms with Crippen molar-refractivity contribution in [2.75, 3.05) is 6.54 Å². The molecule has 5 nitrogen and oxygen atoms in total. The first-order chi connectivity index (χ1) is 18.2. The van der Waals surface area contributed by atoms with Crippen LogP contribution < -0.4 is 4.74 Å². The zero-order valence-electron chi connectivity index (χ0n) is 21.2. The van der Waals surface area contributed by atoms with Gasteiger partial charge in [-0.05, 0) is 72.7 Å². The first-order valence-corrected chi connectivity index (χ1v) is 12.6. The minimum atomic E-state index is -5.19. The fourth-order valence-electron chi connectivity index (χ4n) is 4.68. The molecule has 1 fully saturated rings. The van der Waals surface area contributed by atoms with Crippen molar-refractivity contribution < 1.29 is 32.2 Å². The molecular weight excluding hydrogens is 495 g/mol. The molecule has 38 heavy (non-hydrogen) atoms. The fourth-order valence-corrected chi connectivity index (χ4v) is 4.68. The van der Waals surface area contributed by atoms with Gasteiger partial charge in [-0.1, -0.05) is 60.7 Å². The highest BCUT2D eigenvalue weighted by Crippen LogP contribution is 2.34. The van der Waals surface area contributed by atoms with Crippen LogP contribution in [-0.4, -0.2) is 29.6 Å². The van der Waals surface area contributed by atoms with Crippen LogP contribution in [0.15, 0.2) is 72.8 Å². The van der Waals surface area contributed by atoms with Crippen molar-refractivity contribution in [1.29, 1.82) is 0 Å². The van der Waals surface area contributed by atoms with Crippen LogP contribution in [0.5, 0.6) is 5.75 Å². The van der Waals surface area contributed by atoms with Gasteiger partial charge in [-0.3, -0.25) is 9.69 Å². The summed E-state index contributed by atoms with van der Waals surface area (Å²) in [4.78, 5) is 24.7. The van der Waals surface area contributed by atoms with Crippen LogP contribution in [0.3, 0.4) is 0 Å². The highest BCUT2D eigenvalue weighted by atomic mass is 19.4. The monoisotopic (exact) mass is 525 g/mol. The molecule has 4 rings (SSSR count). The van der Waals surface area contributed by atoms with Gasteiger partial charge in [0.2, 0.25) is 0 Å². The average Bonchev–Trinajstić information content (AvgIpc) is 3.35. The van der Waals surface area contributed by atoms with Gasteiger partial charge in [0.1, 0.15) is 12.4 Å². The Morgan fingerprint density at radius 1 is 0.921 bits per heavy atom. The highest BCUT2D eigenvalue weighted by molar-refractivity contribution is 5.88. The quantitative estimate of drug-likeness (QED) is 0.237. The van der Waals surface area contributed by atoms with E-state index in [1.165, 1.54) is 29.5 Å². The Morgan fingerprint density at radius 2 is 1.58 bits per heavy atom. The number of alkyl halides is 3. The summed E-state index contributed by atoms with van der Waals surface area (Å²) in [6.45, 7) is 4.56. The number of nitrogens with zero attached hydrogens (tertiary/aromatic N) is 1. The van der Waals surface area contributed by atoms with E-state index in [1.807, 2.05) is 0 Å². The van der Waals surface area contributed by atoms with Crippen LogP contribution in [0.1, 0.15) is 53.1 Å². The lowest BCUT2D eigenvalue weighted by Gasteiger charge is -2.26. The van der Waals surface area contributed by atoms with E-state index in [4.69, 9.17) is 4.74 Å². The molecule has 3 aromatic rings. The number of esters is 2. The standard InChI is InChI=1S/C30H30F3NO4/c1-21-5-2-3-6-26(21)27-7-4-18-34(27)19-23-8-10-24(11-9-23)20-37-25-15-12-22(13-16-25)14-17-28(35)38-29(36)30(31,32)33/h2-3,5-6,8-13,15-16,27H,4,7,14,17-20H2,1H3. The van der Waals surface area contributed by atoms with E-state index in [1.54, 1.807) is 24.3 Å². The summed E-state index contributed by atoms with van der Waals surface area (Å²) < 4.78 is 46.1. The molecule has 200 valence electrons. The Morgan fingerprint density at radius 3 is 2.26 bits per heavy atom. The number of benzene rings is 3. The zero-order chi connectivity index (χ0) is 27.1. The van der Waals surface area contributed by atoms with Gasteiger partial charge in [0.25, 0.3) is 0 Å². The molecule has 0 amide bonds. The van der Waals surface area contributed by atoms with Crippen LogP contribution in [0.4, 0.5) is 13.2 Å². The Balaban J connectivity index is 1.23. The van der Waals surface area contributed by atoms with Crippen LogP contribution in [0.2, 0.25) is 0 Å². The number of ether oxygens (including phenoxy) is 2. The average molecular weight is 526 g/mol. The molecule has 8 heteroatoms. The minimum Gasteiger partial charge on any atom is -0.489 e. The first-order valence-electron chi connectivity index (χ1n) is 12.6. The van der Waals surface area contributed by atoms with Gasteiger partial charge in [-0.2, -0.15) is 13.2 Å². The molecule has 0 N–H and O–H groups in total. The predicted octanol–water partition coefficient (Wildman–Crippen LogP) is 6.48. The van der Waals surface area contributed by atoms with E-state index in [9.17, 15) is 22.8 Å². The summed E-state index contributed by atoms with van der Waals surface area (Å²) in [6.07, 6.45) is -3.00. The molecule has 1 unspecified atom stereocenters. The second kappa shape index (κ2) is 12.3. The summed E-state index contributed by atoms with van der Waals surface area (Å²) in [5, 5.41) is 0. The molecule has 3 aromatic carbocycles. The van der Waals surface area contributed by atoms with Gasteiger partial charge in [0, 0.05) is 12.6 Å². The lowest BCUT2D eigenvalue weighted by Crippen LogP contribution is -2.28. The number of halogens is 3. The Bertz CT molecular complexity index is 1240. The van der Waals surface area contributed by atoms with Gasteiger partial charge in [0.15, 0.2) is 0 Å².